The third-order valence-corrected chi connectivity index (χ3v) is 5.07. The number of hydrogen-bond acceptors (Lipinski definition) is 6. The Morgan fingerprint density at radius 1 is 1.28 bits per heavy atom. The molecule has 0 fully saturated rings. The van der Waals surface area contributed by atoms with Gasteiger partial charge >= 0.3 is 5.97 Å². The number of fused-ring (bicyclic) bond motifs is 3. The average Bonchev–Trinajstić information content (AvgIpc) is 2.96. The number of para-hydroxylation sites is 1. The Kier molecular flexibility index (Phi) is 4.94. The number of benzene rings is 2. The van der Waals surface area contributed by atoms with Crippen molar-refractivity contribution in [2.45, 2.75) is 19.1 Å². The molecule has 0 saturated carbocycles. The van der Waals surface area contributed by atoms with Gasteiger partial charge in [-0.1, -0.05) is 18.2 Å². The summed E-state index contributed by atoms with van der Waals surface area (Å²) in [5.74, 6) is -0.173. The van der Waals surface area contributed by atoms with Crippen LogP contribution in [0, 0.1) is 10.1 Å². The van der Waals surface area contributed by atoms with Crippen molar-refractivity contribution in [1.29, 1.82) is 0 Å². The highest BCUT2D eigenvalue weighted by Crippen LogP contribution is 2.40. The normalized spacial score (nSPS) is 12.4. The van der Waals surface area contributed by atoms with Crippen molar-refractivity contribution < 1.29 is 18.9 Å². The molecule has 25 heavy (non-hydrogen) atoms. The van der Waals surface area contributed by atoms with Crippen LogP contribution in [0.2, 0.25) is 0 Å². The predicted molar refractivity (Wildman–Crippen MR) is 97.9 cm³/mol. The van der Waals surface area contributed by atoms with E-state index in [-0.39, 0.29) is 22.7 Å². The maximum atomic E-state index is 11.6. The fourth-order valence-corrected chi connectivity index (χ4v) is 3.58. The van der Waals surface area contributed by atoms with Gasteiger partial charge in [0.25, 0.3) is 5.69 Å². The number of thioether (sulfide) groups is 1. The number of rotatable bonds is 6. The van der Waals surface area contributed by atoms with Gasteiger partial charge in [-0.3, -0.25) is 14.9 Å². The van der Waals surface area contributed by atoms with Crippen molar-refractivity contribution in [2.75, 3.05) is 12.4 Å². The lowest BCUT2D eigenvalue weighted by Gasteiger charge is -2.12. The van der Waals surface area contributed by atoms with Crippen LogP contribution in [0.5, 0.6) is 0 Å². The molecule has 0 spiro atoms. The molecule has 3 rings (SSSR count). The maximum Gasteiger partial charge on any atom is 0.315 e. The van der Waals surface area contributed by atoms with Crippen LogP contribution in [0.1, 0.15) is 24.7 Å². The first-order chi connectivity index (χ1) is 12.0. The van der Waals surface area contributed by atoms with Gasteiger partial charge in [0, 0.05) is 21.6 Å². The molecule has 1 aromatic heterocycles. The third-order valence-electron chi connectivity index (χ3n) is 3.92. The fraction of sp³-hybridized carbons (Fsp3) is 0.278. The van der Waals surface area contributed by atoms with Crippen LogP contribution in [0.3, 0.4) is 0 Å². The monoisotopic (exact) mass is 359 g/mol. The first kappa shape index (κ1) is 17.3. The van der Waals surface area contributed by atoms with E-state index in [1.54, 1.807) is 13.0 Å². The number of ether oxygens (including phenoxy) is 1. The summed E-state index contributed by atoms with van der Waals surface area (Å²) >= 11 is 1.32. The molecule has 0 saturated heterocycles. The number of hydrogen-bond donors (Lipinski definition) is 0. The molecule has 1 atom stereocenters. The summed E-state index contributed by atoms with van der Waals surface area (Å²) in [6.45, 7) is 3.91. The van der Waals surface area contributed by atoms with Crippen molar-refractivity contribution >= 4 is 45.4 Å². The number of carbonyl (C=O) groups is 1. The van der Waals surface area contributed by atoms with E-state index in [4.69, 9.17) is 9.15 Å². The van der Waals surface area contributed by atoms with E-state index in [9.17, 15) is 14.9 Å². The SMILES string of the molecule is CCOC(=O)CSC(C)c1cc2c(cc1[N+](=O)[O-])oc1ccccc12. The summed E-state index contributed by atoms with van der Waals surface area (Å²) in [6, 6.07) is 10.8. The number of nitro benzene ring substituents is 1. The van der Waals surface area contributed by atoms with Crippen molar-refractivity contribution in [3.63, 3.8) is 0 Å². The molecule has 1 unspecified atom stereocenters. The third kappa shape index (κ3) is 3.46. The topological polar surface area (TPSA) is 82.6 Å². The van der Waals surface area contributed by atoms with E-state index in [1.165, 1.54) is 17.8 Å². The smallest absolute Gasteiger partial charge is 0.315 e. The molecule has 0 radical (unpaired) electrons. The average molecular weight is 359 g/mol. The summed E-state index contributed by atoms with van der Waals surface area (Å²) in [5.41, 5.74) is 1.74. The van der Waals surface area contributed by atoms with Gasteiger partial charge in [-0.25, -0.2) is 0 Å². The lowest BCUT2D eigenvalue weighted by Crippen LogP contribution is -2.08. The van der Waals surface area contributed by atoms with E-state index in [0.717, 1.165) is 10.8 Å². The second kappa shape index (κ2) is 7.14. The van der Waals surface area contributed by atoms with Crippen LogP contribution < -0.4 is 0 Å². The predicted octanol–water partition coefficient (Wildman–Crippen LogP) is 4.85. The Morgan fingerprint density at radius 2 is 2.04 bits per heavy atom. The molecule has 0 aliphatic heterocycles. The summed E-state index contributed by atoms with van der Waals surface area (Å²) in [4.78, 5) is 22.6. The highest BCUT2D eigenvalue weighted by molar-refractivity contribution is 8.00. The van der Waals surface area contributed by atoms with Gasteiger partial charge < -0.3 is 9.15 Å². The Hall–Kier alpha value is -2.54. The molecule has 130 valence electrons. The van der Waals surface area contributed by atoms with Crippen LogP contribution in [0.4, 0.5) is 5.69 Å². The van der Waals surface area contributed by atoms with E-state index in [1.807, 2.05) is 31.2 Å². The Bertz CT molecular complexity index is 949. The molecule has 0 amide bonds. The highest BCUT2D eigenvalue weighted by atomic mass is 32.2. The molecule has 0 aliphatic carbocycles. The standard InChI is InChI=1S/C18H17NO5S/c1-3-23-18(20)10-25-11(2)13-8-14-12-6-4-5-7-16(12)24-17(14)9-15(13)19(21)22/h4-9,11H,3,10H2,1-2H3. The van der Waals surface area contributed by atoms with Gasteiger partial charge in [-0.2, -0.15) is 0 Å². The zero-order valence-electron chi connectivity index (χ0n) is 13.9. The lowest BCUT2D eigenvalue weighted by atomic mass is 10.1. The molecule has 0 bridgehead atoms. The van der Waals surface area contributed by atoms with Crippen LogP contribution in [-0.2, 0) is 9.53 Å². The molecule has 1 heterocycles. The largest absolute Gasteiger partial charge is 0.465 e. The van der Waals surface area contributed by atoms with Gasteiger partial charge in [-0.15, -0.1) is 11.8 Å². The van der Waals surface area contributed by atoms with E-state index in [0.29, 0.717) is 23.3 Å². The number of furan rings is 1. The minimum Gasteiger partial charge on any atom is -0.465 e. The molecular weight excluding hydrogens is 342 g/mol. The zero-order chi connectivity index (χ0) is 18.0. The molecule has 2 aromatic carbocycles. The Morgan fingerprint density at radius 3 is 2.76 bits per heavy atom. The molecule has 0 N–H and O–H groups in total. The van der Waals surface area contributed by atoms with Gasteiger partial charge in [0.15, 0.2) is 0 Å². The van der Waals surface area contributed by atoms with Crippen molar-refractivity contribution in [2.24, 2.45) is 0 Å². The van der Waals surface area contributed by atoms with Gasteiger partial charge in [0.2, 0.25) is 0 Å². The van der Waals surface area contributed by atoms with Gasteiger partial charge in [-0.05, 0) is 26.0 Å². The van der Waals surface area contributed by atoms with Crippen LogP contribution in [0.25, 0.3) is 21.9 Å². The van der Waals surface area contributed by atoms with Crippen LogP contribution >= 0.6 is 11.8 Å². The Labute approximate surface area is 148 Å². The lowest BCUT2D eigenvalue weighted by molar-refractivity contribution is -0.385. The molecular formula is C18H17NO5S. The minimum absolute atomic E-state index is 0.00425. The Balaban J connectivity index is 2.02. The molecule has 7 heteroatoms. The molecule has 6 nitrogen and oxygen atoms in total. The van der Waals surface area contributed by atoms with E-state index >= 15 is 0 Å². The van der Waals surface area contributed by atoms with Crippen molar-refractivity contribution in [1.82, 2.24) is 0 Å². The summed E-state index contributed by atoms with van der Waals surface area (Å²) in [5, 5.41) is 13.0. The first-order valence-electron chi connectivity index (χ1n) is 7.88. The molecule has 3 aromatic rings. The quantitative estimate of drug-likeness (QED) is 0.355. The fourth-order valence-electron chi connectivity index (χ4n) is 2.75. The number of nitro groups is 1. The number of esters is 1. The number of carbonyl (C=O) groups excluding carboxylic acids is 1. The van der Waals surface area contributed by atoms with Gasteiger partial charge in [0.05, 0.1) is 23.3 Å². The second-order valence-electron chi connectivity index (χ2n) is 5.52. The summed E-state index contributed by atoms with van der Waals surface area (Å²) in [6.07, 6.45) is 0. The molecule has 0 aliphatic rings. The van der Waals surface area contributed by atoms with Gasteiger partial charge in [0.1, 0.15) is 11.2 Å². The van der Waals surface area contributed by atoms with Crippen LogP contribution in [-0.4, -0.2) is 23.3 Å². The highest BCUT2D eigenvalue weighted by Gasteiger charge is 2.23. The maximum absolute atomic E-state index is 11.6. The van der Waals surface area contributed by atoms with Crippen molar-refractivity contribution in [3.8, 4) is 0 Å². The summed E-state index contributed by atoms with van der Waals surface area (Å²) in [7, 11) is 0. The van der Waals surface area contributed by atoms with E-state index < -0.39 is 4.92 Å². The number of nitrogens with zero attached hydrogens (tertiary/aromatic N) is 1. The second-order valence-corrected chi connectivity index (χ2v) is 6.85. The summed E-state index contributed by atoms with van der Waals surface area (Å²) < 4.78 is 10.6. The van der Waals surface area contributed by atoms with Crippen LogP contribution in [0.15, 0.2) is 40.8 Å². The van der Waals surface area contributed by atoms with Crippen molar-refractivity contribution in [3.05, 3.63) is 52.1 Å². The minimum atomic E-state index is -0.413. The van der Waals surface area contributed by atoms with E-state index in [2.05, 4.69) is 0 Å². The zero-order valence-corrected chi connectivity index (χ0v) is 14.7. The first-order valence-corrected chi connectivity index (χ1v) is 8.93.